The molecule has 0 aliphatic heterocycles. The van der Waals surface area contributed by atoms with Gasteiger partial charge in [0, 0.05) is 16.0 Å². The molecular weight excluding hydrogens is 326 g/mol. The zero-order chi connectivity index (χ0) is 13.7. The summed E-state index contributed by atoms with van der Waals surface area (Å²) in [5.41, 5.74) is 2.93. The topological polar surface area (TPSA) is 29.1 Å². The van der Waals surface area contributed by atoms with Crippen LogP contribution < -0.4 is 5.32 Å². The molecule has 0 aromatic heterocycles. The van der Waals surface area contributed by atoms with E-state index in [1.54, 1.807) is 12.1 Å². The first kappa shape index (κ1) is 14.1. The van der Waals surface area contributed by atoms with Crippen LogP contribution >= 0.6 is 27.5 Å². The Hall–Kier alpha value is -1.32. The van der Waals surface area contributed by atoms with Gasteiger partial charge in [-0.05, 0) is 35.4 Å². The molecule has 4 heteroatoms. The van der Waals surface area contributed by atoms with Crippen molar-refractivity contribution in [1.29, 1.82) is 0 Å². The van der Waals surface area contributed by atoms with Crippen molar-refractivity contribution in [2.75, 3.05) is 5.32 Å². The third-order valence-electron chi connectivity index (χ3n) is 2.67. The van der Waals surface area contributed by atoms with Gasteiger partial charge in [0.2, 0.25) is 5.91 Å². The Morgan fingerprint density at radius 1 is 1.00 bits per heavy atom. The molecule has 0 saturated heterocycles. The van der Waals surface area contributed by atoms with Crippen LogP contribution in [0.3, 0.4) is 0 Å². The molecule has 0 saturated carbocycles. The van der Waals surface area contributed by atoms with Crippen molar-refractivity contribution in [2.45, 2.75) is 11.8 Å². The first-order valence-electron chi connectivity index (χ1n) is 5.86. The minimum atomic E-state index is -0.0334. The Morgan fingerprint density at radius 2 is 1.58 bits per heavy atom. The number of amides is 1. The van der Waals surface area contributed by atoms with Crippen LogP contribution in [-0.2, 0) is 16.5 Å². The lowest BCUT2D eigenvalue weighted by Crippen LogP contribution is -2.14. The summed E-state index contributed by atoms with van der Waals surface area (Å²) in [5.74, 6) is -0.0334. The van der Waals surface area contributed by atoms with Crippen molar-refractivity contribution in [2.24, 2.45) is 0 Å². The van der Waals surface area contributed by atoms with Crippen LogP contribution in [0.2, 0.25) is 5.02 Å². The zero-order valence-corrected chi connectivity index (χ0v) is 12.5. The van der Waals surface area contributed by atoms with Crippen LogP contribution in [0.25, 0.3) is 0 Å². The molecule has 0 radical (unpaired) electrons. The normalized spacial score (nSPS) is 10.2. The zero-order valence-electron chi connectivity index (χ0n) is 10.2. The van der Waals surface area contributed by atoms with Crippen LogP contribution in [0.5, 0.6) is 0 Å². The third kappa shape index (κ3) is 4.37. The standard InChI is InChI=1S/C15H13BrClNO/c16-10-12-3-7-14(8-4-12)18-15(19)9-11-1-5-13(17)6-2-11/h1-8H,9-10H2,(H,18,19). The van der Waals surface area contributed by atoms with E-state index in [1.165, 1.54) is 5.56 Å². The molecule has 0 aliphatic rings. The number of halogens is 2. The molecule has 0 atom stereocenters. The summed E-state index contributed by atoms with van der Waals surface area (Å²) in [7, 11) is 0. The number of alkyl halides is 1. The fourth-order valence-corrected chi connectivity index (χ4v) is 2.17. The molecule has 2 rings (SSSR count). The van der Waals surface area contributed by atoms with Gasteiger partial charge in [0.25, 0.3) is 0 Å². The van der Waals surface area contributed by atoms with Gasteiger partial charge in [-0.25, -0.2) is 0 Å². The Bertz CT molecular complexity index is 551. The minimum absolute atomic E-state index is 0.0334. The van der Waals surface area contributed by atoms with E-state index in [4.69, 9.17) is 11.6 Å². The predicted molar refractivity (Wildman–Crippen MR) is 82.9 cm³/mol. The van der Waals surface area contributed by atoms with E-state index in [0.717, 1.165) is 16.6 Å². The molecule has 0 bridgehead atoms. The average Bonchev–Trinajstić information content (AvgIpc) is 2.42. The SMILES string of the molecule is O=C(Cc1ccc(Cl)cc1)Nc1ccc(CBr)cc1. The van der Waals surface area contributed by atoms with Crippen LogP contribution in [-0.4, -0.2) is 5.91 Å². The number of hydrogen-bond acceptors (Lipinski definition) is 1. The summed E-state index contributed by atoms with van der Waals surface area (Å²) in [4.78, 5) is 11.9. The molecule has 1 N–H and O–H groups in total. The molecule has 19 heavy (non-hydrogen) atoms. The third-order valence-corrected chi connectivity index (χ3v) is 3.57. The molecule has 1 amide bonds. The number of benzene rings is 2. The van der Waals surface area contributed by atoms with Crippen LogP contribution in [0.4, 0.5) is 5.69 Å². The lowest BCUT2D eigenvalue weighted by atomic mass is 10.1. The van der Waals surface area contributed by atoms with E-state index < -0.39 is 0 Å². The highest BCUT2D eigenvalue weighted by atomic mass is 79.9. The van der Waals surface area contributed by atoms with E-state index in [9.17, 15) is 4.79 Å². The highest BCUT2D eigenvalue weighted by molar-refractivity contribution is 9.08. The Balaban J connectivity index is 1.95. The average molecular weight is 339 g/mol. The van der Waals surface area contributed by atoms with E-state index in [1.807, 2.05) is 36.4 Å². The van der Waals surface area contributed by atoms with Gasteiger partial charge >= 0.3 is 0 Å². The van der Waals surface area contributed by atoms with E-state index in [-0.39, 0.29) is 5.91 Å². The second kappa shape index (κ2) is 6.73. The molecule has 98 valence electrons. The smallest absolute Gasteiger partial charge is 0.228 e. The van der Waals surface area contributed by atoms with Crippen molar-refractivity contribution in [3.8, 4) is 0 Å². The van der Waals surface area contributed by atoms with Crippen molar-refractivity contribution in [1.82, 2.24) is 0 Å². The molecule has 0 unspecified atom stereocenters. The summed E-state index contributed by atoms with van der Waals surface area (Å²) in [6, 6.07) is 15.0. The summed E-state index contributed by atoms with van der Waals surface area (Å²) in [6.07, 6.45) is 0.345. The fourth-order valence-electron chi connectivity index (χ4n) is 1.67. The van der Waals surface area contributed by atoms with Gasteiger partial charge in [-0.2, -0.15) is 0 Å². The highest BCUT2D eigenvalue weighted by Crippen LogP contribution is 2.13. The van der Waals surface area contributed by atoms with Crippen LogP contribution in [0.1, 0.15) is 11.1 Å². The maximum Gasteiger partial charge on any atom is 0.228 e. The molecule has 0 spiro atoms. The molecule has 2 nitrogen and oxygen atoms in total. The van der Waals surface area contributed by atoms with E-state index >= 15 is 0 Å². The summed E-state index contributed by atoms with van der Waals surface area (Å²) < 4.78 is 0. The van der Waals surface area contributed by atoms with Crippen LogP contribution in [0.15, 0.2) is 48.5 Å². The molecule has 0 heterocycles. The second-order valence-electron chi connectivity index (χ2n) is 4.18. The molecule has 0 fully saturated rings. The Kier molecular flexibility index (Phi) is 5.00. The largest absolute Gasteiger partial charge is 0.326 e. The first-order chi connectivity index (χ1) is 9.17. The monoisotopic (exact) mass is 337 g/mol. The second-order valence-corrected chi connectivity index (χ2v) is 5.18. The highest BCUT2D eigenvalue weighted by Gasteiger charge is 2.04. The van der Waals surface area contributed by atoms with Gasteiger partial charge in [-0.15, -0.1) is 0 Å². The van der Waals surface area contributed by atoms with Crippen molar-refractivity contribution in [3.05, 3.63) is 64.7 Å². The maximum absolute atomic E-state index is 11.9. The number of rotatable bonds is 4. The maximum atomic E-state index is 11.9. The Labute approximate surface area is 125 Å². The van der Waals surface area contributed by atoms with Crippen LogP contribution in [0, 0.1) is 0 Å². The summed E-state index contributed by atoms with van der Waals surface area (Å²) in [6.45, 7) is 0. The summed E-state index contributed by atoms with van der Waals surface area (Å²) in [5, 5.41) is 4.36. The van der Waals surface area contributed by atoms with E-state index in [0.29, 0.717) is 11.4 Å². The van der Waals surface area contributed by atoms with Crippen molar-refractivity contribution < 1.29 is 4.79 Å². The molecule has 2 aromatic carbocycles. The molecule has 2 aromatic rings. The predicted octanol–water partition coefficient (Wildman–Crippen LogP) is 4.42. The lowest BCUT2D eigenvalue weighted by molar-refractivity contribution is -0.115. The number of carbonyl (C=O) groups excluding carboxylic acids is 1. The quantitative estimate of drug-likeness (QED) is 0.822. The van der Waals surface area contributed by atoms with Gasteiger partial charge in [-0.1, -0.05) is 51.8 Å². The number of anilines is 1. The van der Waals surface area contributed by atoms with Crippen molar-refractivity contribution >= 4 is 39.1 Å². The van der Waals surface area contributed by atoms with Gasteiger partial charge < -0.3 is 5.32 Å². The number of hydrogen-bond donors (Lipinski definition) is 1. The van der Waals surface area contributed by atoms with E-state index in [2.05, 4.69) is 21.2 Å². The molecular formula is C15H13BrClNO. The fraction of sp³-hybridized carbons (Fsp3) is 0.133. The Morgan fingerprint density at radius 3 is 2.16 bits per heavy atom. The van der Waals surface area contributed by atoms with Gasteiger partial charge in [0.15, 0.2) is 0 Å². The lowest BCUT2D eigenvalue weighted by Gasteiger charge is -2.06. The molecule has 0 aliphatic carbocycles. The summed E-state index contributed by atoms with van der Waals surface area (Å²) >= 11 is 9.19. The number of nitrogens with one attached hydrogen (secondary N) is 1. The van der Waals surface area contributed by atoms with Gasteiger partial charge in [0.05, 0.1) is 6.42 Å². The minimum Gasteiger partial charge on any atom is -0.326 e. The first-order valence-corrected chi connectivity index (χ1v) is 7.36. The van der Waals surface area contributed by atoms with Crippen molar-refractivity contribution in [3.63, 3.8) is 0 Å². The van der Waals surface area contributed by atoms with Gasteiger partial charge in [0.1, 0.15) is 0 Å². The number of carbonyl (C=O) groups is 1. The van der Waals surface area contributed by atoms with Gasteiger partial charge in [-0.3, -0.25) is 4.79 Å².